The first-order valence-electron chi connectivity index (χ1n) is 5.54. The predicted molar refractivity (Wildman–Crippen MR) is 66.9 cm³/mol. The van der Waals surface area contributed by atoms with Crippen LogP contribution in [-0.4, -0.2) is 15.3 Å². The molecule has 16 heavy (non-hydrogen) atoms. The first kappa shape index (κ1) is 9.97. The smallest absolute Gasteiger partial charge is 0.105 e. The van der Waals surface area contributed by atoms with E-state index in [1.54, 1.807) is 0 Å². The maximum Gasteiger partial charge on any atom is 0.105 e. The Morgan fingerprint density at radius 3 is 3.12 bits per heavy atom. The second kappa shape index (κ2) is 3.98. The molecule has 2 nitrogen and oxygen atoms in total. The van der Waals surface area contributed by atoms with Gasteiger partial charge in [0.2, 0.25) is 0 Å². The third-order valence-corrected chi connectivity index (χ3v) is 4.39. The normalized spacial score (nSPS) is 18.7. The van der Waals surface area contributed by atoms with Crippen LogP contribution in [0.15, 0.2) is 41.6 Å². The Bertz CT molecular complexity index is 504. The lowest BCUT2D eigenvalue weighted by Crippen LogP contribution is -2.09. The number of imidazole rings is 1. The standard InChI is InChI=1S/C13H14N2S/c1-10-14-6-7-15(10)8-11-9-16-13-5-3-2-4-12(11)13/h2-7,11H,8-9H2,1H3. The van der Waals surface area contributed by atoms with Gasteiger partial charge in [-0.3, -0.25) is 0 Å². The monoisotopic (exact) mass is 230 g/mol. The van der Waals surface area contributed by atoms with Crippen molar-refractivity contribution in [1.82, 2.24) is 9.55 Å². The molecule has 1 aliphatic rings. The summed E-state index contributed by atoms with van der Waals surface area (Å²) in [6.07, 6.45) is 3.95. The number of hydrogen-bond acceptors (Lipinski definition) is 2. The molecular formula is C13H14N2S. The third-order valence-electron chi connectivity index (χ3n) is 3.14. The molecule has 1 unspecified atom stereocenters. The molecule has 1 aliphatic heterocycles. The molecule has 0 aliphatic carbocycles. The van der Waals surface area contributed by atoms with Gasteiger partial charge in [-0.2, -0.15) is 0 Å². The Morgan fingerprint density at radius 1 is 1.44 bits per heavy atom. The number of aryl methyl sites for hydroxylation is 1. The Balaban J connectivity index is 1.86. The lowest BCUT2D eigenvalue weighted by molar-refractivity contribution is 0.591. The van der Waals surface area contributed by atoms with Crippen LogP contribution in [0.3, 0.4) is 0 Å². The fourth-order valence-corrected chi connectivity index (χ4v) is 3.46. The first-order valence-corrected chi connectivity index (χ1v) is 6.52. The number of rotatable bonds is 2. The highest BCUT2D eigenvalue weighted by atomic mass is 32.2. The molecule has 3 rings (SSSR count). The molecule has 1 atom stereocenters. The minimum absolute atomic E-state index is 0.633. The van der Waals surface area contributed by atoms with Gasteiger partial charge < -0.3 is 4.57 Å². The van der Waals surface area contributed by atoms with Crippen LogP contribution in [0.5, 0.6) is 0 Å². The molecule has 0 fully saturated rings. The zero-order valence-corrected chi connectivity index (χ0v) is 10.1. The minimum atomic E-state index is 0.633. The van der Waals surface area contributed by atoms with Crippen molar-refractivity contribution in [2.75, 3.05) is 5.75 Å². The molecule has 0 amide bonds. The van der Waals surface area contributed by atoms with Crippen LogP contribution < -0.4 is 0 Å². The van der Waals surface area contributed by atoms with Gasteiger partial charge in [-0.15, -0.1) is 11.8 Å². The molecule has 2 aromatic rings. The van der Waals surface area contributed by atoms with Crippen LogP contribution in [0.2, 0.25) is 0 Å². The molecule has 82 valence electrons. The highest BCUT2D eigenvalue weighted by Crippen LogP contribution is 2.40. The molecule has 0 saturated heterocycles. The summed E-state index contributed by atoms with van der Waals surface area (Å²) in [5, 5.41) is 0. The molecule has 0 bridgehead atoms. The lowest BCUT2D eigenvalue weighted by atomic mass is 10.0. The van der Waals surface area contributed by atoms with Crippen molar-refractivity contribution in [2.24, 2.45) is 0 Å². The summed E-state index contributed by atoms with van der Waals surface area (Å²) in [5.41, 5.74) is 1.50. The summed E-state index contributed by atoms with van der Waals surface area (Å²) >= 11 is 1.97. The van der Waals surface area contributed by atoms with E-state index in [4.69, 9.17) is 0 Å². The van der Waals surface area contributed by atoms with Crippen molar-refractivity contribution in [2.45, 2.75) is 24.3 Å². The van der Waals surface area contributed by atoms with Gasteiger partial charge in [0.25, 0.3) is 0 Å². The summed E-state index contributed by atoms with van der Waals surface area (Å²) in [6.45, 7) is 3.11. The molecule has 1 aromatic carbocycles. The maximum atomic E-state index is 4.27. The van der Waals surface area contributed by atoms with E-state index >= 15 is 0 Å². The number of aromatic nitrogens is 2. The van der Waals surface area contributed by atoms with Crippen LogP contribution in [0.25, 0.3) is 0 Å². The van der Waals surface area contributed by atoms with Crippen molar-refractivity contribution < 1.29 is 0 Å². The van der Waals surface area contributed by atoms with Crippen LogP contribution in [0.1, 0.15) is 17.3 Å². The second-order valence-corrected chi connectivity index (χ2v) is 5.23. The number of thioether (sulfide) groups is 1. The fraction of sp³-hybridized carbons (Fsp3) is 0.308. The van der Waals surface area contributed by atoms with Gasteiger partial charge in [-0.1, -0.05) is 18.2 Å². The molecule has 3 heteroatoms. The van der Waals surface area contributed by atoms with Crippen molar-refractivity contribution >= 4 is 11.8 Å². The molecule has 0 radical (unpaired) electrons. The topological polar surface area (TPSA) is 17.8 Å². The van der Waals surface area contributed by atoms with Gasteiger partial charge in [0, 0.05) is 35.5 Å². The molecule has 2 heterocycles. The van der Waals surface area contributed by atoms with E-state index in [-0.39, 0.29) is 0 Å². The molecular weight excluding hydrogens is 216 g/mol. The molecule has 0 N–H and O–H groups in total. The zero-order chi connectivity index (χ0) is 11.0. The summed E-state index contributed by atoms with van der Waals surface area (Å²) in [5.74, 6) is 2.93. The highest BCUT2D eigenvalue weighted by Gasteiger charge is 2.22. The van der Waals surface area contributed by atoms with Crippen LogP contribution in [-0.2, 0) is 6.54 Å². The third kappa shape index (κ3) is 1.65. The number of nitrogens with zero attached hydrogens (tertiary/aromatic N) is 2. The maximum absolute atomic E-state index is 4.27. The average molecular weight is 230 g/mol. The van der Waals surface area contributed by atoms with Crippen molar-refractivity contribution in [3.05, 3.63) is 48.0 Å². The van der Waals surface area contributed by atoms with Gasteiger partial charge in [0.1, 0.15) is 5.82 Å². The molecule has 0 spiro atoms. The Kier molecular flexibility index (Phi) is 2.48. The van der Waals surface area contributed by atoms with E-state index in [2.05, 4.69) is 46.9 Å². The highest BCUT2D eigenvalue weighted by molar-refractivity contribution is 7.99. The van der Waals surface area contributed by atoms with Gasteiger partial charge in [-0.05, 0) is 18.6 Å². The Labute approximate surface area is 99.7 Å². The Hall–Kier alpha value is -1.22. The van der Waals surface area contributed by atoms with E-state index in [9.17, 15) is 0 Å². The summed E-state index contributed by atoms with van der Waals surface area (Å²) in [7, 11) is 0. The Morgan fingerprint density at radius 2 is 2.31 bits per heavy atom. The van der Waals surface area contributed by atoms with E-state index in [0.29, 0.717) is 5.92 Å². The SMILES string of the molecule is Cc1nccn1CC1CSc2ccccc21. The van der Waals surface area contributed by atoms with Gasteiger partial charge in [-0.25, -0.2) is 4.98 Å². The molecule has 0 saturated carbocycles. The summed E-state index contributed by atoms with van der Waals surface area (Å²) < 4.78 is 2.24. The largest absolute Gasteiger partial charge is 0.335 e. The van der Waals surface area contributed by atoms with E-state index in [0.717, 1.165) is 12.4 Å². The van der Waals surface area contributed by atoms with Crippen LogP contribution in [0.4, 0.5) is 0 Å². The summed E-state index contributed by atoms with van der Waals surface area (Å²) in [4.78, 5) is 5.72. The number of fused-ring (bicyclic) bond motifs is 1. The minimum Gasteiger partial charge on any atom is -0.335 e. The first-order chi connectivity index (χ1) is 7.84. The quantitative estimate of drug-likeness (QED) is 0.789. The van der Waals surface area contributed by atoms with Crippen molar-refractivity contribution in [3.63, 3.8) is 0 Å². The van der Waals surface area contributed by atoms with Crippen LogP contribution in [0, 0.1) is 6.92 Å². The number of benzene rings is 1. The fourth-order valence-electron chi connectivity index (χ4n) is 2.21. The second-order valence-electron chi connectivity index (χ2n) is 4.17. The zero-order valence-electron chi connectivity index (χ0n) is 9.26. The number of hydrogen-bond donors (Lipinski definition) is 0. The van der Waals surface area contributed by atoms with Gasteiger partial charge in [0.05, 0.1) is 0 Å². The van der Waals surface area contributed by atoms with Gasteiger partial charge >= 0.3 is 0 Å². The lowest BCUT2D eigenvalue weighted by Gasteiger charge is -2.12. The summed E-state index contributed by atoms with van der Waals surface area (Å²) in [6, 6.07) is 8.74. The predicted octanol–water partition coefficient (Wildman–Crippen LogP) is 3.08. The van der Waals surface area contributed by atoms with Crippen LogP contribution >= 0.6 is 11.8 Å². The van der Waals surface area contributed by atoms with E-state index < -0.39 is 0 Å². The van der Waals surface area contributed by atoms with E-state index in [1.165, 1.54) is 16.2 Å². The van der Waals surface area contributed by atoms with Crippen molar-refractivity contribution in [3.8, 4) is 0 Å². The van der Waals surface area contributed by atoms with Crippen molar-refractivity contribution in [1.29, 1.82) is 0 Å². The van der Waals surface area contributed by atoms with E-state index in [1.807, 2.05) is 18.0 Å². The average Bonchev–Trinajstić information content (AvgIpc) is 2.88. The molecule has 1 aromatic heterocycles. The van der Waals surface area contributed by atoms with Gasteiger partial charge in [0.15, 0.2) is 0 Å².